The summed E-state index contributed by atoms with van der Waals surface area (Å²) in [5, 5.41) is 0.727. The summed E-state index contributed by atoms with van der Waals surface area (Å²) in [4.78, 5) is 1.57. The van der Waals surface area contributed by atoms with Crippen LogP contribution in [-0.2, 0) is 0 Å². The fraction of sp³-hybridized carbons (Fsp3) is 0.692. The van der Waals surface area contributed by atoms with Crippen LogP contribution in [0.3, 0.4) is 0 Å². The monoisotopic (exact) mass is 210 g/mol. The zero-order chi connectivity index (χ0) is 10.6. The number of hydrogen-bond donors (Lipinski definition) is 0. The normalized spacial score (nSPS) is 27.6. The zero-order valence-corrected chi connectivity index (χ0v) is 10.6. The first-order chi connectivity index (χ1) is 6.63. The summed E-state index contributed by atoms with van der Waals surface area (Å²) >= 11 is 2.06. The van der Waals surface area contributed by atoms with Crippen molar-refractivity contribution in [2.75, 3.05) is 0 Å². The topological polar surface area (TPSA) is 0 Å². The van der Waals surface area contributed by atoms with Crippen molar-refractivity contribution in [3.63, 3.8) is 0 Å². The van der Waals surface area contributed by atoms with Gasteiger partial charge in [-0.15, -0.1) is 11.8 Å². The molecule has 0 nitrogen and oxygen atoms in total. The molecule has 1 aliphatic rings. The summed E-state index contributed by atoms with van der Waals surface area (Å²) in [6.45, 7) is 9.10. The zero-order valence-electron chi connectivity index (χ0n) is 9.79. The summed E-state index contributed by atoms with van der Waals surface area (Å²) in [6.07, 6.45) is 9.58. The Bertz CT molecular complexity index is 225. The Labute approximate surface area is 92.9 Å². The van der Waals surface area contributed by atoms with E-state index in [2.05, 4.69) is 57.7 Å². The van der Waals surface area contributed by atoms with Gasteiger partial charge in [-0.1, -0.05) is 45.9 Å². The Morgan fingerprint density at radius 3 is 2.64 bits per heavy atom. The van der Waals surface area contributed by atoms with E-state index in [0.717, 1.165) is 17.6 Å². The Balaban J connectivity index is 2.49. The third-order valence-electron chi connectivity index (χ3n) is 2.52. The molecule has 0 heterocycles. The van der Waals surface area contributed by atoms with Gasteiger partial charge in [0.1, 0.15) is 0 Å². The van der Waals surface area contributed by atoms with Gasteiger partial charge in [0.2, 0.25) is 0 Å². The lowest BCUT2D eigenvalue weighted by molar-refractivity contribution is 0.708. The molecule has 0 fully saturated rings. The largest absolute Gasteiger partial charge is 0.123 e. The van der Waals surface area contributed by atoms with E-state index in [1.54, 1.807) is 4.91 Å². The van der Waals surface area contributed by atoms with Crippen LogP contribution < -0.4 is 0 Å². The van der Waals surface area contributed by atoms with Crippen LogP contribution in [0.25, 0.3) is 0 Å². The van der Waals surface area contributed by atoms with Crippen molar-refractivity contribution in [1.29, 1.82) is 0 Å². The molecule has 1 heteroatoms. The lowest BCUT2D eigenvalue weighted by Gasteiger charge is -2.15. The fourth-order valence-electron chi connectivity index (χ4n) is 1.72. The van der Waals surface area contributed by atoms with Gasteiger partial charge in [-0.05, 0) is 29.6 Å². The maximum Gasteiger partial charge on any atom is 0.0276 e. The highest BCUT2D eigenvalue weighted by Crippen LogP contribution is 2.35. The lowest BCUT2D eigenvalue weighted by atomic mass is 10.2. The number of hydrogen-bond acceptors (Lipinski definition) is 1. The Kier molecular flexibility index (Phi) is 4.80. The second-order valence-corrected chi connectivity index (χ2v) is 5.74. The molecule has 80 valence electrons. The van der Waals surface area contributed by atoms with E-state index in [-0.39, 0.29) is 0 Å². The third-order valence-corrected chi connectivity index (χ3v) is 4.08. The van der Waals surface area contributed by atoms with E-state index < -0.39 is 0 Å². The van der Waals surface area contributed by atoms with Crippen molar-refractivity contribution in [2.24, 2.45) is 11.8 Å². The van der Waals surface area contributed by atoms with E-state index in [9.17, 15) is 0 Å². The van der Waals surface area contributed by atoms with Crippen LogP contribution in [-0.4, -0.2) is 5.25 Å². The average molecular weight is 210 g/mol. The fourth-order valence-corrected chi connectivity index (χ4v) is 3.17. The number of rotatable bonds is 4. The minimum atomic E-state index is 0.684. The maximum atomic E-state index is 2.38. The minimum Gasteiger partial charge on any atom is -0.123 e. The van der Waals surface area contributed by atoms with Gasteiger partial charge in [-0.3, -0.25) is 0 Å². The first kappa shape index (κ1) is 11.9. The van der Waals surface area contributed by atoms with Gasteiger partial charge in [0, 0.05) is 5.25 Å². The van der Waals surface area contributed by atoms with Gasteiger partial charge in [0.05, 0.1) is 0 Å². The van der Waals surface area contributed by atoms with Crippen LogP contribution in [0, 0.1) is 11.8 Å². The van der Waals surface area contributed by atoms with Gasteiger partial charge in [-0.25, -0.2) is 0 Å². The summed E-state index contributed by atoms with van der Waals surface area (Å²) in [5.74, 6) is 1.46. The molecule has 0 aliphatic heterocycles. The van der Waals surface area contributed by atoms with Crippen LogP contribution in [0.4, 0.5) is 0 Å². The molecular weight excluding hydrogens is 188 g/mol. The quantitative estimate of drug-likeness (QED) is 0.609. The predicted molar refractivity (Wildman–Crippen MR) is 67.5 cm³/mol. The van der Waals surface area contributed by atoms with Crippen molar-refractivity contribution in [1.82, 2.24) is 0 Å². The van der Waals surface area contributed by atoms with E-state index in [4.69, 9.17) is 0 Å². The Hall–Kier alpha value is -0.170. The van der Waals surface area contributed by atoms with Crippen molar-refractivity contribution in [3.8, 4) is 0 Å². The Morgan fingerprint density at radius 2 is 2.21 bits per heavy atom. The molecule has 14 heavy (non-hydrogen) atoms. The SMILES string of the molecule is CC/C=C(/SC1C=C[C@H](C)C1)C(C)C. The summed E-state index contributed by atoms with van der Waals surface area (Å²) in [6, 6.07) is 0. The molecule has 0 aromatic carbocycles. The molecule has 0 aromatic heterocycles. The molecule has 0 saturated carbocycles. The number of thioether (sulfide) groups is 1. The Morgan fingerprint density at radius 1 is 1.50 bits per heavy atom. The van der Waals surface area contributed by atoms with Crippen LogP contribution in [0.1, 0.15) is 40.5 Å². The third kappa shape index (κ3) is 3.53. The molecule has 2 atom stereocenters. The van der Waals surface area contributed by atoms with Crippen LogP contribution in [0.5, 0.6) is 0 Å². The highest BCUT2D eigenvalue weighted by atomic mass is 32.2. The second kappa shape index (κ2) is 5.65. The van der Waals surface area contributed by atoms with E-state index in [1.165, 1.54) is 6.42 Å². The maximum absolute atomic E-state index is 2.38. The molecule has 0 bridgehead atoms. The molecule has 1 unspecified atom stereocenters. The summed E-state index contributed by atoms with van der Waals surface area (Å²) in [7, 11) is 0. The molecular formula is C13H22S. The highest BCUT2D eigenvalue weighted by molar-refractivity contribution is 8.03. The summed E-state index contributed by atoms with van der Waals surface area (Å²) < 4.78 is 0. The van der Waals surface area contributed by atoms with Gasteiger partial charge in [0.25, 0.3) is 0 Å². The van der Waals surface area contributed by atoms with Crippen LogP contribution in [0.15, 0.2) is 23.1 Å². The molecule has 0 spiro atoms. The first-order valence-electron chi connectivity index (χ1n) is 5.68. The van der Waals surface area contributed by atoms with Crippen LogP contribution >= 0.6 is 11.8 Å². The second-order valence-electron chi connectivity index (χ2n) is 4.42. The van der Waals surface area contributed by atoms with Crippen molar-refractivity contribution >= 4 is 11.8 Å². The molecule has 0 radical (unpaired) electrons. The smallest absolute Gasteiger partial charge is 0.0276 e. The average Bonchev–Trinajstić information content (AvgIpc) is 2.50. The first-order valence-corrected chi connectivity index (χ1v) is 6.56. The lowest BCUT2D eigenvalue weighted by Crippen LogP contribution is -2.00. The van der Waals surface area contributed by atoms with Gasteiger partial charge < -0.3 is 0 Å². The molecule has 0 saturated heterocycles. The predicted octanol–water partition coefficient (Wildman–Crippen LogP) is 4.63. The molecule has 0 aromatic rings. The van der Waals surface area contributed by atoms with Gasteiger partial charge >= 0.3 is 0 Å². The van der Waals surface area contributed by atoms with Crippen molar-refractivity contribution < 1.29 is 0 Å². The standard InChI is InChI=1S/C13H22S/c1-5-6-13(10(2)3)14-12-8-7-11(4)9-12/h6-8,10-12H,5,9H2,1-4H3/b13-6+/t11-,12?/m0/s1. The molecule has 1 aliphatic carbocycles. The van der Waals surface area contributed by atoms with Crippen molar-refractivity contribution in [2.45, 2.75) is 45.8 Å². The molecule has 0 amide bonds. The van der Waals surface area contributed by atoms with Gasteiger partial charge in [-0.2, -0.15) is 0 Å². The molecule has 1 rings (SSSR count). The molecule has 0 N–H and O–H groups in total. The van der Waals surface area contributed by atoms with Gasteiger partial charge in [0.15, 0.2) is 0 Å². The number of allylic oxidation sites excluding steroid dienone is 3. The summed E-state index contributed by atoms with van der Waals surface area (Å²) in [5.41, 5.74) is 0. The van der Waals surface area contributed by atoms with Crippen molar-refractivity contribution in [3.05, 3.63) is 23.1 Å². The van der Waals surface area contributed by atoms with E-state index in [0.29, 0.717) is 5.92 Å². The van der Waals surface area contributed by atoms with Crippen LogP contribution in [0.2, 0.25) is 0 Å². The van der Waals surface area contributed by atoms with E-state index >= 15 is 0 Å². The minimum absolute atomic E-state index is 0.684. The van der Waals surface area contributed by atoms with E-state index in [1.807, 2.05) is 0 Å². The highest BCUT2D eigenvalue weighted by Gasteiger charge is 2.17.